The summed E-state index contributed by atoms with van der Waals surface area (Å²) >= 11 is 3.82. The average molecular weight is 301 g/mol. The molecule has 0 bridgehead atoms. The van der Waals surface area contributed by atoms with Crippen LogP contribution in [0.1, 0.15) is 39.9 Å². The Labute approximate surface area is 117 Å². The highest BCUT2D eigenvalue weighted by molar-refractivity contribution is 9.09. The minimum atomic E-state index is 0.311. The molecule has 0 fully saturated rings. The van der Waals surface area contributed by atoms with Crippen molar-refractivity contribution in [3.8, 4) is 0 Å². The largest absolute Gasteiger partial charge is 0.0786 e. The van der Waals surface area contributed by atoms with Crippen molar-refractivity contribution in [3.05, 3.63) is 70.8 Å². The SMILES string of the molecule is BrC(c1ccccc1)c1ccc2c(c1)CCCC2. The Bertz CT molecular complexity index is 531. The van der Waals surface area contributed by atoms with Crippen LogP contribution in [0.15, 0.2) is 48.5 Å². The number of hydrogen-bond donors (Lipinski definition) is 0. The van der Waals surface area contributed by atoms with Gasteiger partial charge in [-0.15, -0.1) is 0 Å². The maximum absolute atomic E-state index is 3.82. The Morgan fingerprint density at radius 2 is 1.50 bits per heavy atom. The molecule has 1 heteroatoms. The molecule has 2 aromatic rings. The summed E-state index contributed by atoms with van der Waals surface area (Å²) in [6.07, 6.45) is 5.20. The molecule has 0 nitrogen and oxygen atoms in total. The van der Waals surface area contributed by atoms with E-state index in [1.54, 1.807) is 11.1 Å². The zero-order valence-electron chi connectivity index (χ0n) is 10.4. The maximum atomic E-state index is 3.82. The van der Waals surface area contributed by atoms with Crippen LogP contribution in [0, 0.1) is 0 Å². The minimum Gasteiger partial charge on any atom is -0.0786 e. The quantitative estimate of drug-likeness (QED) is 0.681. The smallest absolute Gasteiger partial charge is 0.0644 e. The lowest BCUT2D eigenvalue weighted by Crippen LogP contribution is -2.04. The molecule has 0 spiro atoms. The van der Waals surface area contributed by atoms with Crippen molar-refractivity contribution in [2.75, 3.05) is 0 Å². The highest BCUT2D eigenvalue weighted by Gasteiger charge is 2.14. The van der Waals surface area contributed by atoms with E-state index in [4.69, 9.17) is 0 Å². The molecule has 18 heavy (non-hydrogen) atoms. The zero-order chi connectivity index (χ0) is 12.4. The molecule has 0 saturated carbocycles. The molecule has 1 unspecified atom stereocenters. The van der Waals surface area contributed by atoms with Crippen LogP contribution in [0.4, 0.5) is 0 Å². The van der Waals surface area contributed by atoms with E-state index in [0.717, 1.165) is 0 Å². The van der Waals surface area contributed by atoms with E-state index in [2.05, 4.69) is 64.5 Å². The number of fused-ring (bicyclic) bond motifs is 1. The van der Waals surface area contributed by atoms with Gasteiger partial charge in [0.15, 0.2) is 0 Å². The maximum Gasteiger partial charge on any atom is 0.0644 e. The lowest BCUT2D eigenvalue weighted by Gasteiger charge is -2.18. The van der Waals surface area contributed by atoms with Crippen LogP contribution in [-0.2, 0) is 12.8 Å². The lowest BCUT2D eigenvalue weighted by molar-refractivity contribution is 0.684. The van der Waals surface area contributed by atoms with Gasteiger partial charge in [0.05, 0.1) is 4.83 Å². The Hall–Kier alpha value is -1.08. The molecule has 0 heterocycles. The van der Waals surface area contributed by atoms with Gasteiger partial charge in [-0.3, -0.25) is 0 Å². The van der Waals surface area contributed by atoms with Crippen LogP contribution in [0.2, 0.25) is 0 Å². The lowest BCUT2D eigenvalue weighted by atomic mass is 9.89. The molecular weight excluding hydrogens is 284 g/mol. The van der Waals surface area contributed by atoms with Gasteiger partial charge in [0.1, 0.15) is 0 Å². The minimum absolute atomic E-state index is 0.311. The highest BCUT2D eigenvalue weighted by Crippen LogP contribution is 2.33. The number of benzene rings is 2. The fourth-order valence-electron chi connectivity index (χ4n) is 2.73. The molecule has 0 aromatic heterocycles. The van der Waals surface area contributed by atoms with Crippen molar-refractivity contribution in [1.82, 2.24) is 0 Å². The molecule has 1 aliphatic carbocycles. The number of alkyl halides is 1. The van der Waals surface area contributed by atoms with E-state index in [-0.39, 0.29) is 0 Å². The van der Waals surface area contributed by atoms with Crippen LogP contribution in [0.5, 0.6) is 0 Å². The summed E-state index contributed by atoms with van der Waals surface area (Å²) in [5, 5.41) is 0. The molecule has 92 valence electrons. The second kappa shape index (κ2) is 5.27. The summed E-state index contributed by atoms with van der Waals surface area (Å²) in [5.74, 6) is 0. The third-order valence-corrected chi connectivity index (χ3v) is 4.81. The molecule has 3 rings (SSSR count). The van der Waals surface area contributed by atoms with E-state index >= 15 is 0 Å². The van der Waals surface area contributed by atoms with Gasteiger partial charge < -0.3 is 0 Å². The standard InChI is InChI=1S/C17H17Br/c18-17(14-7-2-1-3-8-14)16-11-10-13-6-4-5-9-15(13)12-16/h1-3,7-8,10-12,17H,4-6,9H2. The molecule has 1 atom stereocenters. The Morgan fingerprint density at radius 3 is 2.28 bits per heavy atom. The Balaban J connectivity index is 1.93. The fraction of sp³-hybridized carbons (Fsp3) is 0.294. The van der Waals surface area contributed by atoms with Crippen molar-refractivity contribution >= 4 is 15.9 Å². The van der Waals surface area contributed by atoms with E-state index in [0.29, 0.717) is 4.83 Å². The summed E-state index contributed by atoms with van der Waals surface area (Å²) in [6, 6.07) is 17.6. The topological polar surface area (TPSA) is 0 Å². The van der Waals surface area contributed by atoms with Gasteiger partial charge in [0, 0.05) is 0 Å². The monoisotopic (exact) mass is 300 g/mol. The Morgan fingerprint density at radius 1 is 0.778 bits per heavy atom. The first kappa shape index (κ1) is 12.0. The van der Waals surface area contributed by atoms with E-state index in [1.165, 1.54) is 36.8 Å². The number of rotatable bonds is 2. The van der Waals surface area contributed by atoms with Gasteiger partial charge in [-0.25, -0.2) is 0 Å². The first-order valence-corrected chi connectivity index (χ1v) is 7.57. The van der Waals surface area contributed by atoms with Crippen molar-refractivity contribution in [1.29, 1.82) is 0 Å². The zero-order valence-corrected chi connectivity index (χ0v) is 12.0. The predicted octanol–water partition coefficient (Wildman–Crippen LogP) is 5.05. The van der Waals surface area contributed by atoms with Crippen LogP contribution in [0.3, 0.4) is 0 Å². The van der Waals surface area contributed by atoms with Crippen molar-refractivity contribution in [2.45, 2.75) is 30.5 Å². The molecule has 2 aromatic carbocycles. The second-order valence-corrected chi connectivity index (χ2v) is 5.92. The highest BCUT2D eigenvalue weighted by atomic mass is 79.9. The summed E-state index contributed by atoms with van der Waals surface area (Å²) in [7, 11) is 0. The third kappa shape index (κ3) is 2.37. The second-order valence-electron chi connectivity index (χ2n) is 5.01. The average Bonchev–Trinajstić information content (AvgIpc) is 2.47. The van der Waals surface area contributed by atoms with Crippen molar-refractivity contribution in [3.63, 3.8) is 0 Å². The number of halogens is 1. The molecule has 0 N–H and O–H groups in total. The van der Waals surface area contributed by atoms with E-state index in [9.17, 15) is 0 Å². The molecule has 0 saturated heterocycles. The normalized spacial score (nSPS) is 16.1. The molecular formula is C17H17Br. The summed E-state index contributed by atoms with van der Waals surface area (Å²) in [4.78, 5) is 0.311. The van der Waals surface area contributed by atoms with Crippen molar-refractivity contribution in [2.24, 2.45) is 0 Å². The van der Waals surface area contributed by atoms with Crippen LogP contribution in [0.25, 0.3) is 0 Å². The number of hydrogen-bond acceptors (Lipinski definition) is 0. The van der Waals surface area contributed by atoms with Crippen molar-refractivity contribution < 1.29 is 0 Å². The fourth-order valence-corrected chi connectivity index (χ4v) is 3.32. The molecule has 0 radical (unpaired) electrons. The van der Waals surface area contributed by atoms with Gasteiger partial charge in [-0.2, -0.15) is 0 Å². The van der Waals surface area contributed by atoms with Gasteiger partial charge in [-0.05, 0) is 47.9 Å². The van der Waals surface area contributed by atoms with Gasteiger partial charge in [0.25, 0.3) is 0 Å². The number of aryl methyl sites for hydroxylation is 2. The predicted molar refractivity (Wildman–Crippen MR) is 80.3 cm³/mol. The van der Waals surface area contributed by atoms with E-state index in [1.807, 2.05) is 0 Å². The summed E-state index contributed by atoms with van der Waals surface area (Å²) in [6.45, 7) is 0. The van der Waals surface area contributed by atoms with Crippen LogP contribution < -0.4 is 0 Å². The van der Waals surface area contributed by atoms with Gasteiger partial charge in [-0.1, -0.05) is 64.5 Å². The first-order valence-electron chi connectivity index (χ1n) is 6.65. The van der Waals surface area contributed by atoms with E-state index < -0.39 is 0 Å². The first-order chi connectivity index (χ1) is 8.84. The molecule has 1 aliphatic rings. The molecule has 0 aliphatic heterocycles. The van der Waals surface area contributed by atoms with Crippen LogP contribution >= 0.6 is 15.9 Å². The summed E-state index contributed by atoms with van der Waals surface area (Å²) < 4.78 is 0. The molecule has 0 amide bonds. The van der Waals surface area contributed by atoms with Crippen LogP contribution in [-0.4, -0.2) is 0 Å². The van der Waals surface area contributed by atoms with Gasteiger partial charge >= 0.3 is 0 Å². The van der Waals surface area contributed by atoms with Gasteiger partial charge in [0.2, 0.25) is 0 Å². The summed E-state index contributed by atoms with van der Waals surface area (Å²) in [5.41, 5.74) is 5.81. The third-order valence-electron chi connectivity index (χ3n) is 3.76. The Kier molecular flexibility index (Phi) is 3.51.